The van der Waals surface area contributed by atoms with E-state index in [1.54, 1.807) is 30.3 Å². The van der Waals surface area contributed by atoms with Crippen LogP contribution in [0.15, 0.2) is 36.4 Å². The number of carbonyl (C=O) groups is 2. The number of rotatable bonds is 6. The van der Waals surface area contributed by atoms with Gasteiger partial charge in [0.05, 0.1) is 23.8 Å². The molecule has 174 valence electrons. The molecule has 2 saturated heterocycles. The Hall–Kier alpha value is -4.13. The topological polar surface area (TPSA) is 124 Å². The first-order valence-corrected chi connectivity index (χ1v) is 11.2. The number of carbonyl (C=O) groups excluding carboxylic acids is 2. The van der Waals surface area contributed by atoms with E-state index in [4.69, 9.17) is 14.7 Å². The Labute approximate surface area is 196 Å². The van der Waals surface area contributed by atoms with Crippen molar-refractivity contribution in [3.05, 3.63) is 47.5 Å². The average Bonchev–Trinajstić information content (AvgIpc) is 3.57. The van der Waals surface area contributed by atoms with Crippen LogP contribution in [-0.2, 0) is 4.79 Å². The summed E-state index contributed by atoms with van der Waals surface area (Å²) in [6, 6.07) is 12.3. The fourth-order valence-corrected chi connectivity index (χ4v) is 4.72. The summed E-state index contributed by atoms with van der Waals surface area (Å²) in [6.45, 7) is 4.61. The predicted octanol–water partition coefficient (Wildman–Crippen LogP) is 1.84. The SMILES string of the molecule is CCOc1cc(C#N)ccc1OCC(=O)N1C[C@@H]2CN(C(=O)c3ccc4[nH]nnc4c3)C[C@H]2C1. The first-order chi connectivity index (χ1) is 16.6. The summed E-state index contributed by atoms with van der Waals surface area (Å²) < 4.78 is 11.3. The van der Waals surface area contributed by atoms with Gasteiger partial charge in [0.1, 0.15) is 5.52 Å². The van der Waals surface area contributed by atoms with Gasteiger partial charge < -0.3 is 19.3 Å². The molecule has 0 saturated carbocycles. The Balaban J connectivity index is 1.16. The summed E-state index contributed by atoms with van der Waals surface area (Å²) >= 11 is 0. The van der Waals surface area contributed by atoms with Crippen LogP contribution in [0.4, 0.5) is 0 Å². The lowest BCUT2D eigenvalue weighted by Gasteiger charge is -2.22. The number of amides is 2. The standard InChI is InChI=1S/C24H24N6O4/c1-2-33-22-7-15(9-25)3-6-21(22)34-14-23(31)29-10-17-12-30(13-18(17)11-29)24(32)16-4-5-19-20(8-16)27-28-26-19/h3-8,17-18H,2,10-14H2,1H3,(H,26,27,28)/t17-,18-/m1/s1. The summed E-state index contributed by atoms with van der Waals surface area (Å²) in [4.78, 5) is 29.4. The van der Waals surface area contributed by atoms with E-state index in [0.717, 1.165) is 5.52 Å². The molecule has 10 nitrogen and oxygen atoms in total. The molecule has 2 atom stereocenters. The number of nitrogens with one attached hydrogen (secondary N) is 1. The van der Waals surface area contributed by atoms with E-state index in [-0.39, 0.29) is 30.3 Å². The van der Waals surface area contributed by atoms with Crippen LogP contribution in [0.3, 0.4) is 0 Å². The molecule has 3 heterocycles. The van der Waals surface area contributed by atoms with Crippen molar-refractivity contribution in [2.45, 2.75) is 6.92 Å². The number of fused-ring (bicyclic) bond motifs is 2. The third-order valence-electron chi connectivity index (χ3n) is 6.42. The van der Waals surface area contributed by atoms with Gasteiger partial charge in [-0.25, -0.2) is 0 Å². The number of H-pyrrole nitrogens is 1. The van der Waals surface area contributed by atoms with E-state index in [9.17, 15) is 9.59 Å². The van der Waals surface area contributed by atoms with Gasteiger partial charge in [0.15, 0.2) is 18.1 Å². The lowest BCUT2D eigenvalue weighted by atomic mass is 10.0. The summed E-state index contributed by atoms with van der Waals surface area (Å²) in [5, 5.41) is 19.6. The number of ether oxygens (including phenoxy) is 2. The normalized spacial score (nSPS) is 19.2. The number of likely N-dealkylation sites (tertiary alicyclic amines) is 2. The second-order valence-corrected chi connectivity index (χ2v) is 8.57. The average molecular weight is 460 g/mol. The van der Waals surface area contributed by atoms with Gasteiger partial charge in [-0.05, 0) is 37.3 Å². The minimum Gasteiger partial charge on any atom is -0.490 e. The maximum atomic E-state index is 13.0. The number of benzene rings is 2. The molecule has 0 radical (unpaired) electrons. The van der Waals surface area contributed by atoms with Crippen LogP contribution in [0.1, 0.15) is 22.8 Å². The van der Waals surface area contributed by atoms with Crippen LogP contribution in [0.2, 0.25) is 0 Å². The number of aromatic amines is 1. The second-order valence-electron chi connectivity index (χ2n) is 8.57. The van der Waals surface area contributed by atoms with Crippen LogP contribution in [0.5, 0.6) is 11.5 Å². The maximum absolute atomic E-state index is 13.0. The minimum absolute atomic E-state index is 0.0234. The molecule has 1 N–H and O–H groups in total. The van der Waals surface area contributed by atoms with E-state index in [1.165, 1.54) is 0 Å². The smallest absolute Gasteiger partial charge is 0.260 e. The van der Waals surface area contributed by atoms with Gasteiger partial charge in [0, 0.05) is 49.6 Å². The molecular weight excluding hydrogens is 436 g/mol. The summed E-state index contributed by atoms with van der Waals surface area (Å²) in [5.41, 5.74) is 2.52. The zero-order valence-electron chi connectivity index (χ0n) is 18.7. The maximum Gasteiger partial charge on any atom is 0.260 e. The molecule has 3 aromatic rings. The number of hydrogen-bond donors (Lipinski definition) is 1. The highest BCUT2D eigenvalue weighted by Crippen LogP contribution is 2.33. The molecule has 2 aliphatic heterocycles. The van der Waals surface area contributed by atoms with Crippen LogP contribution in [0, 0.1) is 23.2 Å². The third kappa shape index (κ3) is 4.12. The zero-order valence-corrected chi connectivity index (χ0v) is 18.7. The largest absolute Gasteiger partial charge is 0.490 e. The van der Waals surface area contributed by atoms with Crippen molar-refractivity contribution in [3.63, 3.8) is 0 Å². The van der Waals surface area contributed by atoms with Crippen LogP contribution >= 0.6 is 0 Å². The van der Waals surface area contributed by atoms with Crippen molar-refractivity contribution in [3.8, 4) is 17.6 Å². The lowest BCUT2D eigenvalue weighted by Crippen LogP contribution is -2.37. The van der Waals surface area contributed by atoms with E-state index in [1.807, 2.05) is 22.8 Å². The number of nitriles is 1. The zero-order chi connectivity index (χ0) is 23.7. The first kappa shape index (κ1) is 21.7. The quantitative estimate of drug-likeness (QED) is 0.595. The van der Waals surface area contributed by atoms with Gasteiger partial charge in [-0.1, -0.05) is 5.21 Å². The van der Waals surface area contributed by atoms with Gasteiger partial charge in [0.25, 0.3) is 11.8 Å². The molecule has 0 unspecified atom stereocenters. The molecular formula is C24H24N6O4. The van der Waals surface area contributed by atoms with Gasteiger partial charge >= 0.3 is 0 Å². The predicted molar refractivity (Wildman–Crippen MR) is 121 cm³/mol. The number of nitrogens with zero attached hydrogens (tertiary/aromatic N) is 5. The van der Waals surface area contributed by atoms with E-state index in [2.05, 4.69) is 21.5 Å². The van der Waals surface area contributed by atoms with Crippen molar-refractivity contribution in [1.29, 1.82) is 5.26 Å². The fraction of sp³-hybridized carbons (Fsp3) is 0.375. The van der Waals surface area contributed by atoms with Crippen LogP contribution in [-0.4, -0.2) is 76.4 Å². The first-order valence-electron chi connectivity index (χ1n) is 11.2. The molecule has 34 heavy (non-hydrogen) atoms. The van der Waals surface area contributed by atoms with Crippen molar-refractivity contribution in [1.82, 2.24) is 25.2 Å². The van der Waals surface area contributed by atoms with Crippen molar-refractivity contribution >= 4 is 22.8 Å². The van der Waals surface area contributed by atoms with Crippen LogP contribution < -0.4 is 9.47 Å². The molecule has 1 aromatic heterocycles. The highest BCUT2D eigenvalue weighted by Gasteiger charge is 2.43. The molecule has 0 aliphatic carbocycles. The third-order valence-corrected chi connectivity index (χ3v) is 6.42. The molecule has 0 bridgehead atoms. The second kappa shape index (κ2) is 9.02. The van der Waals surface area contributed by atoms with Crippen molar-refractivity contribution in [2.24, 2.45) is 11.8 Å². The summed E-state index contributed by atoms with van der Waals surface area (Å²) in [5.74, 6) is 1.26. The molecule has 5 rings (SSSR count). The molecule has 2 aliphatic rings. The van der Waals surface area contributed by atoms with Gasteiger partial charge in [-0.2, -0.15) is 5.26 Å². The molecule has 2 aromatic carbocycles. The Morgan fingerprint density at radius 3 is 2.56 bits per heavy atom. The Morgan fingerprint density at radius 2 is 1.82 bits per heavy atom. The van der Waals surface area contributed by atoms with Gasteiger partial charge in [-0.3, -0.25) is 14.7 Å². The van der Waals surface area contributed by atoms with Gasteiger partial charge in [-0.15, -0.1) is 5.10 Å². The number of hydrogen-bond acceptors (Lipinski definition) is 7. The fourth-order valence-electron chi connectivity index (χ4n) is 4.72. The number of aromatic nitrogens is 3. The Kier molecular flexibility index (Phi) is 5.76. The summed E-state index contributed by atoms with van der Waals surface area (Å²) in [7, 11) is 0. The molecule has 10 heteroatoms. The highest BCUT2D eigenvalue weighted by molar-refractivity contribution is 5.97. The highest BCUT2D eigenvalue weighted by atomic mass is 16.5. The monoisotopic (exact) mass is 460 g/mol. The Bertz CT molecular complexity index is 1270. The minimum atomic E-state index is -0.105. The van der Waals surface area contributed by atoms with Crippen molar-refractivity contribution < 1.29 is 19.1 Å². The van der Waals surface area contributed by atoms with E-state index >= 15 is 0 Å². The summed E-state index contributed by atoms with van der Waals surface area (Å²) in [6.07, 6.45) is 0. The van der Waals surface area contributed by atoms with Crippen LogP contribution in [0.25, 0.3) is 11.0 Å². The van der Waals surface area contributed by atoms with E-state index < -0.39 is 0 Å². The molecule has 2 fully saturated rings. The van der Waals surface area contributed by atoms with Gasteiger partial charge in [0.2, 0.25) is 0 Å². The van der Waals surface area contributed by atoms with Crippen molar-refractivity contribution in [2.75, 3.05) is 39.4 Å². The Morgan fingerprint density at radius 1 is 1.06 bits per heavy atom. The molecule has 0 spiro atoms. The lowest BCUT2D eigenvalue weighted by molar-refractivity contribution is -0.132. The van der Waals surface area contributed by atoms with E-state index in [0.29, 0.717) is 60.9 Å². The molecule has 2 amide bonds.